The van der Waals surface area contributed by atoms with Crippen LogP contribution in [0.5, 0.6) is 0 Å². The molecule has 3 heteroatoms. The molecule has 96 valence electrons. The maximum absolute atomic E-state index is 12.1. The predicted octanol–water partition coefficient (Wildman–Crippen LogP) is 2.89. The van der Waals surface area contributed by atoms with E-state index in [0.717, 1.165) is 5.76 Å². The van der Waals surface area contributed by atoms with E-state index in [4.69, 9.17) is 4.42 Å². The second kappa shape index (κ2) is 5.01. The first-order valence-corrected chi connectivity index (χ1v) is 6.83. The van der Waals surface area contributed by atoms with Crippen LogP contribution in [0.25, 0.3) is 0 Å². The molecule has 1 N–H and O–H groups in total. The van der Waals surface area contributed by atoms with Crippen molar-refractivity contribution in [2.24, 2.45) is 17.8 Å². The molecule has 0 spiro atoms. The maximum Gasteiger partial charge on any atom is 0.224 e. The molecule has 1 amide bonds. The summed E-state index contributed by atoms with van der Waals surface area (Å²) in [4.78, 5) is 12.1. The van der Waals surface area contributed by atoms with Gasteiger partial charge in [-0.2, -0.15) is 0 Å². The van der Waals surface area contributed by atoms with E-state index in [9.17, 15) is 4.79 Å². The molecule has 0 aliphatic heterocycles. The van der Waals surface area contributed by atoms with E-state index in [-0.39, 0.29) is 11.8 Å². The summed E-state index contributed by atoms with van der Waals surface area (Å²) in [5, 5.41) is 2.98. The number of hydrogen-bond donors (Lipinski definition) is 1. The van der Waals surface area contributed by atoms with Gasteiger partial charge in [-0.05, 0) is 43.2 Å². The van der Waals surface area contributed by atoms with Gasteiger partial charge in [0, 0.05) is 5.92 Å². The first kappa shape index (κ1) is 11.6. The highest BCUT2D eigenvalue weighted by atomic mass is 16.3. The van der Waals surface area contributed by atoms with Gasteiger partial charge in [0.2, 0.25) is 5.91 Å². The summed E-state index contributed by atoms with van der Waals surface area (Å²) in [7, 11) is 0. The highest BCUT2D eigenvalue weighted by molar-refractivity contribution is 5.82. The topological polar surface area (TPSA) is 42.2 Å². The van der Waals surface area contributed by atoms with Gasteiger partial charge in [-0.1, -0.05) is 18.6 Å². The molecule has 1 aromatic rings. The summed E-state index contributed by atoms with van der Waals surface area (Å²) in [5.41, 5.74) is 0. The predicted molar refractivity (Wildman–Crippen MR) is 68.6 cm³/mol. The standard InChI is InChI=1S/C15H19NO2/c17-15(16-10-11-6-5-9-18-11)14-12-7-3-1-2-4-8-13(12)14/h3,5-7,9,12-14H,1-2,4,8,10H2,(H,16,17)/t12-,13-,14-/m1/s1. The van der Waals surface area contributed by atoms with Gasteiger partial charge < -0.3 is 9.73 Å². The first-order chi connectivity index (χ1) is 8.86. The number of rotatable bonds is 3. The van der Waals surface area contributed by atoms with Crippen LogP contribution in [-0.4, -0.2) is 5.91 Å². The van der Waals surface area contributed by atoms with E-state index in [0.29, 0.717) is 18.4 Å². The number of carbonyl (C=O) groups excluding carboxylic acids is 1. The Morgan fingerprint density at radius 2 is 2.39 bits per heavy atom. The van der Waals surface area contributed by atoms with E-state index in [1.807, 2.05) is 12.1 Å². The summed E-state index contributed by atoms with van der Waals surface area (Å²) in [5.74, 6) is 2.28. The Labute approximate surface area is 107 Å². The Bertz CT molecular complexity index is 435. The van der Waals surface area contributed by atoms with Gasteiger partial charge in [0.15, 0.2) is 0 Å². The monoisotopic (exact) mass is 245 g/mol. The van der Waals surface area contributed by atoms with Gasteiger partial charge in [-0.3, -0.25) is 4.79 Å². The maximum atomic E-state index is 12.1. The van der Waals surface area contributed by atoms with Crippen molar-refractivity contribution < 1.29 is 9.21 Å². The smallest absolute Gasteiger partial charge is 0.224 e. The lowest BCUT2D eigenvalue weighted by molar-refractivity contribution is -0.123. The molecule has 0 aromatic carbocycles. The molecule has 0 bridgehead atoms. The number of allylic oxidation sites excluding steroid dienone is 2. The number of carbonyl (C=O) groups is 1. The third-order valence-electron chi connectivity index (χ3n) is 4.07. The van der Waals surface area contributed by atoms with Crippen molar-refractivity contribution in [1.82, 2.24) is 5.32 Å². The molecule has 1 aromatic heterocycles. The van der Waals surface area contributed by atoms with E-state index < -0.39 is 0 Å². The molecule has 3 rings (SSSR count). The summed E-state index contributed by atoms with van der Waals surface area (Å²) >= 11 is 0. The molecule has 1 fully saturated rings. The van der Waals surface area contributed by atoms with Crippen LogP contribution in [-0.2, 0) is 11.3 Å². The lowest BCUT2D eigenvalue weighted by Gasteiger charge is -2.02. The van der Waals surface area contributed by atoms with Crippen molar-refractivity contribution in [2.75, 3.05) is 0 Å². The number of furan rings is 1. The van der Waals surface area contributed by atoms with E-state index in [2.05, 4.69) is 17.5 Å². The van der Waals surface area contributed by atoms with Crippen molar-refractivity contribution in [1.29, 1.82) is 0 Å². The first-order valence-electron chi connectivity index (χ1n) is 6.83. The summed E-state index contributed by atoms with van der Waals surface area (Å²) < 4.78 is 5.21. The number of amides is 1. The average Bonchev–Trinajstić information content (AvgIpc) is 2.79. The molecule has 2 aliphatic carbocycles. The fourth-order valence-corrected chi connectivity index (χ4v) is 3.00. The molecule has 1 heterocycles. The molecular formula is C15H19NO2. The second-order valence-electron chi connectivity index (χ2n) is 5.28. The third kappa shape index (κ3) is 2.35. The van der Waals surface area contributed by atoms with Gasteiger partial charge >= 0.3 is 0 Å². The minimum Gasteiger partial charge on any atom is -0.467 e. The van der Waals surface area contributed by atoms with Crippen LogP contribution >= 0.6 is 0 Å². The summed E-state index contributed by atoms with van der Waals surface area (Å²) in [6.07, 6.45) is 11.0. The Morgan fingerprint density at radius 3 is 3.22 bits per heavy atom. The van der Waals surface area contributed by atoms with Crippen molar-refractivity contribution in [3.8, 4) is 0 Å². The van der Waals surface area contributed by atoms with Gasteiger partial charge in [-0.15, -0.1) is 0 Å². The van der Waals surface area contributed by atoms with Crippen LogP contribution in [0.1, 0.15) is 31.4 Å². The minimum atomic E-state index is 0.188. The van der Waals surface area contributed by atoms with Crippen LogP contribution < -0.4 is 5.32 Å². The molecule has 18 heavy (non-hydrogen) atoms. The highest BCUT2D eigenvalue weighted by Gasteiger charge is 2.52. The van der Waals surface area contributed by atoms with E-state index >= 15 is 0 Å². The quantitative estimate of drug-likeness (QED) is 0.832. The van der Waals surface area contributed by atoms with Crippen molar-refractivity contribution in [3.63, 3.8) is 0 Å². The molecule has 3 nitrogen and oxygen atoms in total. The van der Waals surface area contributed by atoms with Crippen molar-refractivity contribution in [2.45, 2.75) is 32.2 Å². The molecule has 0 radical (unpaired) electrons. The van der Waals surface area contributed by atoms with Crippen LogP contribution in [0, 0.1) is 17.8 Å². The lowest BCUT2D eigenvalue weighted by Crippen LogP contribution is -2.25. The SMILES string of the molecule is O=C(NCc1ccco1)[C@@H]1[C@@H]2C=CCCCC[C@H]21. The van der Waals surface area contributed by atoms with Gasteiger partial charge in [-0.25, -0.2) is 0 Å². The van der Waals surface area contributed by atoms with Gasteiger partial charge in [0.05, 0.1) is 12.8 Å². The summed E-state index contributed by atoms with van der Waals surface area (Å²) in [6.45, 7) is 0.505. The van der Waals surface area contributed by atoms with Crippen LogP contribution in [0.2, 0.25) is 0 Å². The highest BCUT2D eigenvalue weighted by Crippen LogP contribution is 2.51. The second-order valence-corrected chi connectivity index (χ2v) is 5.28. The Balaban J connectivity index is 1.54. The molecular weight excluding hydrogens is 226 g/mol. The summed E-state index contributed by atoms with van der Waals surface area (Å²) in [6, 6.07) is 3.73. The van der Waals surface area contributed by atoms with Crippen LogP contribution in [0.4, 0.5) is 0 Å². The normalized spacial score (nSPS) is 30.1. The van der Waals surface area contributed by atoms with E-state index in [1.165, 1.54) is 25.7 Å². The van der Waals surface area contributed by atoms with Crippen molar-refractivity contribution >= 4 is 5.91 Å². The number of nitrogens with one attached hydrogen (secondary N) is 1. The van der Waals surface area contributed by atoms with E-state index in [1.54, 1.807) is 6.26 Å². The van der Waals surface area contributed by atoms with Gasteiger partial charge in [0.25, 0.3) is 0 Å². The Hall–Kier alpha value is -1.51. The number of fused-ring (bicyclic) bond motifs is 1. The zero-order chi connectivity index (χ0) is 12.4. The van der Waals surface area contributed by atoms with Crippen molar-refractivity contribution in [3.05, 3.63) is 36.3 Å². The van der Waals surface area contributed by atoms with Crippen LogP contribution in [0.3, 0.4) is 0 Å². The Kier molecular flexibility index (Phi) is 3.22. The number of hydrogen-bond acceptors (Lipinski definition) is 2. The minimum absolute atomic E-state index is 0.188. The third-order valence-corrected chi connectivity index (χ3v) is 4.07. The van der Waals surface area contributed by atoms with Crippen LogP contribution in [0.15, 0.2) is 35.0 Å². The molecule has 0 unspecified atom stereocenters. The zero-order valence-electron chi connectivity index (χ0n) is 10.5. The molecule has 0 saturated heterocycles. The lowest BCUT2D eigenvalue weighted by atomic mass is 10.1. The average molecular weight is 245 g/mol. The molecule has 2 aliphatic rings. The fourth-order valence-electron chi connectivity index (χ4n) is 3.00. The largest absolute Gasteiger partial charge is 0.467 e. The molecule has 3 atom stereocenters. The fraction of sp³-hybridized carbons (Fsp3) is 0.533. The molecule has 1 saturated carbocycles. The zero-order valence-corrected chi connectivity index (χ0v) is 10.5. The van der Waals surface area contributed by atoms with Gasteiger partial charge in [0.1, 0.15) is 5.76 Å². The Morgan fingerprint density at radius 1 is 1.44 bits per heavy atom.